The Balaban J connectivity index is 1.60. The molecular formula is C15H26N2O. The van der Waals surface area contributed by atoms with E-state index in [0.29, 0.717) is 0 Å². The molecule has 1 saturated heterocycles. The first-order valence-corrected chi connectivity index (χ1v) is 7.39. The minimum atomic E-state index is 0.855. The van der Waals surface area contributed by atoms with Gasteiger partial charge in [-0.15, -0.1) is 0 Å². The Bertz CT molecular complexity index is 327. The first kappa shape index (κ1) is 13.6. The van der Waals surface area contributed by atoms with Crippen molar-refractivity contribution in [1.29, 1.82) is 0 Å². The Hall–Kier alpha value is -0.800. The predicted molar refractivity (Wildman–Crippen MR) is 74.7 cm³/mol. The van der Waals surface area contributed by atoms with Crippen LogP contribution in [0.1, 0.15) is 44.1 Å². The lowest BCUT2D eigenvalue weighted by atomic mass is 10.2. The molecule has 0 saturated carbocycles. The highest BCUT2D eigenvalue weighted by Gasteiger charge is 2.08. The molecule has 3 heteroatoms. The maximum absolute atomic E-state index is 5.67. The lowest BCUT2D eigenvalue weighted by molar-refractivity contribution is 0.282. The Kier molecular flexibility index (Phi) is 5.75. The van der Waals surface area contributed by atoms with Gasteiger partial charge in [-0.2, -0.15) is 0 Å². The van der Waals surface area contributed by atoms with Crippen molar-refractivity contribution in [2.45, 2.75) is 45.6 Å². The summed E-state index contributed by atoms with van der Waals surface area (Å²) < 4.78 is 5.67. The lowest BCUT2D eigenvalue weighted by Gasteiger charge is -2.19. The van der Waals surface area contributed by atoms with Crippen molar-refractivity contribution in [2.24, 2.45) is 0 Å². The number of furan rings is 1. The zero-order valence-electron chi connectivity index (χ0n) is 11.6. The summed E-state index contributed by atoms with van der Waals surface area (Å²) in [4.78, 5) is 2.58. The quantitative estimate of drug-likeness (QED) is 0.787. The van der Waals surface area contributed by atoms with Crippen LogP contribution in [0.25, 0.3) is 0 Å². The topological polar surface area (TPSA) is 28.4 Å². The van der Waals surface area contributed by atoms with Gasteiger partial charge in [0.05, 0.1) is 6.54 Å². The van der Waals surface area contributed by atoms with Crippen LogP contribution in [0.15, 0.2) is 16.5 Å². The van der Waals surface area contributed by atoms with Crippen LogP contribution in [0.5, 0.6) is 0 Å². The number of aryl methyl sites for hydroxylation is 1. The van der Waals surface area contributed by atoms with Gasteiger partial charge in [0.25, 0.3) is 0 Å². The van der Waals surface area contributed by atoms with E-state index >= 15 is 0 Å². The van der Waals surface area contributed by atoms with Gasteiger partial charge in [-0.05, 0) is 38.1 Å². The average Bonchev–Trinajstić information content (AvgIpc) is 2.70. The highest BCUT2D eigenvalue weighted by Crippen LogP contribution is 2.09. The van der Waals surface area contributed by atoms with E-state index in [4.69, 9.17) is 4.42 Å². The third-order valence-corrected chi connectivity index (χ3v) is 3.67. The van der Waals surface area contributed by atoms with Crippen molar-refractivity contribution in [1.82, 2.24) is 10.2 Å². The molecule has 18 heavy (non-hydrogen) atoms. The van der Waals surface area contributed by atoms with E-state index in [9.17, 15) is 0 Å². The van der Waals surface area contributed by atoms with Crippen LogP contribution in [0.4, 0.5) is 0 Å². The fourth-order valence-corrected chi connectivity index (χ4v) is 2.52. The Labute approximate surface area is 111 Å². The maximum atomic E-state index is 5.67. The molecular weight excluding hydrogens is 224 g/mol. The summed E-state index contributed by atoms with van der Waals surface area (Å²) in [6.07, 6.45) is 6.55. The minimum absolute atomic E-state index is 0.855. The summed E-state index contributed by atoms with van der Waals surface area (Å²) in [5, 5.41) is 3.47. The van der Waals surface area contributed by atoms with Gasteiger partial charge in [0.15, 0.2) is 0 Å². The van der Waals surface area contributed by atoms with Crippen molar-refractivity contribution in [3.05, 3.63) is 23.7 Å². The highest BCUT2D eigenvalue weighted by molar-refractivity contribution is 5.06. The standard InChI is InChI=1S/C15H26N2O/c1-2-14-7-8-15(18-14)13-16-9-12-17-10-5-3-4-6-11-17/h7-8,16H,2-6,9-13H2,1H3. The summed E-state index contributed by atoms with van der Waals surface area (Å²) in [6.45, 7) is 7.76. The summed E-state index contributed by atoms with van der Waals surface area (Å²) in [6, 6.07) is 4.16. The molecule has 0 spiro atoms. The largest absolute Gasteiger partial charge is 0.465 e. The molecule has 1 N–H and O–H groups in total. The van der Waals surface area contributed by atoms with Crippen molar-refractivity contribution in [3.8, 4) is 0 Å². The minimum Gasteiger partial charge on any atom is -0.465 e. The normalized spacial score (nSPS) is 17.8. The molecule has 1 aliphatic heterocycles. The van der Waals surface area contributed by atoms with Gasteiger partial charge in [0, 0.05) is 19.5 Å². The van der Waals surface area contributed by atoms with Gasteiger partial charge in [-0.25, -0.2) is 0 Å². The van der Waals surface area contributed by atoms with Crippen molar-refractivity contribution in [3.63, 3.8) is 0 Å². The van der Waals surface area contributed by atoms with E-state index in [0.717, 1.165) is 31.0 Å². The number of nitrogens with one attached hydrogen (secondary N) is 1. The fourth-order valence-electron chi connectivity index (χ4n) is 2.52. The van der Waals surface area contributed by atoms with Crippen molar-refractivity contribution < 1.29 is 4.42 Å². The number of nitrogens with zero attached hydrogens (tertiary/aromatic N) is 1. The number of hydrogen-bond donors (Lipinski definition) is 1. The monoisotopic (exact) mass is 250 g/mol. The van der Waals surface area contributed by atoms with Crippen LogP contribution >= 0.6 is 0 Å². The third-order valence-electron chi connectivity index (χ3n) is 3.67. The Morgan fingerprint density at radius 2 is 1.83 bits per heavy atom. The molecule has 2 heterocycles. The van der Waals surface area contributed by atoms with Gasteiger partial charge < -0.3 is 14.6 Å². The second-order valence-electron chi connectivity index (χ2n) is 5.15. The molecule has 1 aromatic heterocycles. The highest BCUT2D eigenvalue weighted by atomic mass is 16.3. The van der Waals surface area contributed by atoms with Crippen molar-refractivity contribution >= 4 is 0 Å². The first-order chi connectivity index (χ1) is 8.88. The van der Waals surface area contributed by atoms with Crippen LogP contribution in [0.3, 0.4) is 0 Å². The zero-order valence-corrected chi connectivity index (χ0v) is 11.6. The lowest BCUT2D eigenvalue weighted by Crippen LogP contribution is -2.32. The number of rotatable bonds is 6. The summed E-state index contributed by atoms with van der Waals surface area (Å²) in [5.41, 5.74) is 0. The average molecular weight is 250 g/mol. The first-order valence-electron chi connectivity index (χ1n) is 7.39. The smallest absolute Gasteiger partial charge is 0.117 e. The van der Waals surface area contributed by atoms with Gasteiger partial charge in [0.1, 0.15) is 11.5 Å². The summed E-state index contributed by atoms with van der Waals surface area (Å²) >= 11 is 0. The van der Waals surface area contributed by atoms with Gasteiger partial charge in [-0.3, -0.25) is 0 Å². The second kappa shape index (κ2) is 7.59. The summed E-state index contributed by atoms with van der Waals surface area (Å²) in [5.74, 6) is 2.14. The SMILES string of the molecule is CCc1ccc(CNCCN2CCCCCC2)o1. The molecule has 0 radical (unpaired) electrons. The Morgan fingerprint density at radius 1 is 1.11 bits per heavy atom. The van der Waals surface area contributed by atoms with E-state index in [-0.39, 0.29) is 0 Å². The molecule has 0 aromatic carbocycles. The van der Waals surface area contributed by atoms with Gasteiger partial charge in [-0.1, -0.05) is 19.8 Å². The molecule has 102 valence electrons. The van der Waals surface area contributed by atoms with E-state index in [1.54, 1.807) is 0 Å². The third kappa shape index (κ3) is 4.46. The molecule has 3 nitrogen and oxygen atoms in total. The molecule has 1 fully saturated rings. The van der Waals surface area contributed by atoms with Crippen molar-refractivity contribution in [2.75, 3.05) is 26.2 Å². The van der Waals surface area contributed by atoms with E-state index < -0.39 is 0 Å². The van der Waals surface area contributed by atoms with E-state index in [1.165, 1.54) is 45.3 Å². The number of hydrogen-bond acceptors (Lipinski definition) is 3. The second-order valence-corrected chi connectivity index (χ2v) is 5.15. The van der Waals surface area contributed by atoms with Gasteiger partial charge >= 0.3 is 0 Å². The van der Waals surface area contributed by atoms with Gasteiger partial charge in [0.2, 0.25) is 0 Å². The fraction of sp³-hybridized carbons (Fsp3) is 0.733. The molecule has 2 rings (SSSR count). The van der Waals surface area contributed by atoms with E-state index in [1.807, 2.05) is 0 Å². The van der Waals surface area contributed by atoms with Crippen LogP contribution in [-0.2, 0) is 13.0 Å². The molecule has 0 atom stereocenters. The van der Waals surface area contributed by atoms with E-state index in [2.05, 4.69) is 29.3 Å². The molecule has 1 aliphatic rings. The molecule has 0 amide bonds. The molecule has 0 aliphatic carbocycles. The number of likely N-dealkylation sites (tertiary alicyclic amines) is 1. The molecule has 0 bridgehead atoms. The zero-order chi connectivity index (χ0) is 12.6. The van der Waals surface area contributed by atoms with Crippen LogP contribution in [-0.4, -0.2) is 31.1 Å². The summed E-state index contributed by atoms with van der Waals surface area (Å²) in [7, 11) is 0. The molecule has 1 aromatic rings. The maximum Gasteiger partial charge on any atom is 0.117 e. The van der Waals surface area contributed by atoms with Crippen LogP contribution in [0.2, 0.25) is 0 Å². The predicted octanol–water partition coefficient (Wildman–Crippen LogP) is 2.81. The molecule has 0 unspecified atom stereocenters. The Morgan fingerprint density at radius 3 is 2.50 bits per heavy atom. The van der Waals surface area contributed by atoms with Crippen LogP contribution < -0.4 is 5.32 Å². The van der Waals surface area contributed by atoms with Crippen LogP contribution in [0, 0.1) is 0 Å².